The zero-order chi connectivity index (χ0) is 18.0. The van der Waals surface area contributed by atoms with Crippen LogP contribution in [0.3, 0.4) is 0 Å². The first-order valence-electron chi connectivity index (χ1n) is 7.52. The molecular formula is C15H18Cl3N3O3. The van der Waals surface area contributed by atoms with Crippen molar-refractivity contribution in [2.45, 2.75) is 45.2 Å². The number of likely N-dealkylation sites (tertiary alicyclic amines) is 1. The van der Waals surface area contributed by atoms with Crippen LogP contribution in [0.1, 0.15) is 43.6 Å². The van der Waals surface area contributed by atoms with Gasteiger partial charge in [0.15, 0.2) is 17.5 Å². The van der Waals surface area contributed by atoms with Crippen molar-refractivity contribution < 1.29 is 14.3 Å². The van der Waals surface area contributed by atoms with E-state index in [0.717, 1.165) is 19.3 Å². The summed E-state index contributed by atoms with van der Waals surface area (Å²) in [6, 6.07) is 0.226. The Morgan fingerprint density at radius 1 is 1.21 bits per heavy atom. The molecule has 2 rings (SSSR count). The van der Waals surface area contributed by atoms with Gasteiger partial charge in [-0.05, 0) is 33.1 Å². The maximum Gasteiger partial charge on any atom is 0.359 e. The summed E-state index contributed by atoms with van der Waals surface area (Å²) in [5.41, 5.74) is 5.33. The minimum absolute atomic E-state index is 0.0368. The number of piperidine rings is 1. The van der Waals surface area contributed by atoms with Crippen LogP contribution in [0.25, 0.3) is 0 Å². The summed E-state index contributed by atoms with van der Waals surface area (Å²) in [7, 11) is 0. The first-order chi connectivity index (χ1) is 11.2. The third-order valence-corrected chi connectivity index (χ3v) is 5.21. The molecule has 9 heteroatoms. The fourth-order valence-corrected chi connectivity index (χ4v) is 3.44. The number of aromatic nitrogens is 1. The van der Waals surface area contributed by atoms with Crippen LogP contribution >= 0.6 is 34.8 Å². The standard InChI is InChI=1S/C15H18Cl3N3O3/c1-7-4-3-5-8(2)21(7)9(22)6-24-15(23)13-10(16)12(19)11(17)14(18)20-13/h7-8H,3-6H2,1-2H3,(H2,19,20)/t7-,8-/m0/s1. The minimum Gasteiger partial charge on any atom is -0.451 e. The summed E-state index contributed by atoms with van der Waals surface area (Å²) in [4.78, 5) is 30.0. The van der Waals surface area contributed by atoms with E-state index in [-0.39, 0.29) is 44.6 Å². The number of carbonyl (C=O) groups is 2. The van der Waals surface area contributed by atoms with Crippen LogP contribution in [-0.2, 0) is 9.53 Å². The van der Waals surface area contributed by atoms with E-state index in [1.165, 1.54) is 0 Å². The number of amides is 1. The lowest BCUT2D eigenvalue weighted by molar-refractivity contribution is -0.140. The van der Waals surface area contributed by atoms with Crippen LogP contribution in [0.5, 0.6) is 0 Å². The van der Waals surface area contributed by atoms with Gasteiger partial charge in [0.2, 0.25) is 0 Å². The second-order valence-electron chi connectivity index (χ2n) is 5.80. The van der Waals surface area contributed by atoms with E-state index in [1.807, 2.05) is 13.8 Å². The van der Waals surface area contributed by atoms with Gasteiger partial charge < -0.3 is 15.4 Å². The normalized spacial score (nSPS) is 20.8. The van der Waals surface area contributed by atoms with Gasteiger partial charge in [-0.15, -0.1) is 0 Å². The largest absolute Gasteiger partial charge is 0.451 e. The molecule has 0 unspecified atom stereocenters. The van der Waals surface area contributed by atoms with Crippen molar-refractivity contribution in [1.82, 2.24) is 9.88 Å². The Balaban J connectivity index is 2.07. The molecule has 0 spiro atoms. The Kier molecular flexibility index (Phi) is 6.17. The van der Waals surface area contributed by atoms with E-state index in [9.17, 15) is 9.59 Å². The Bertz CT molecular complexity index is 659. The van der Waals surface area contributed by atoms with Gasteiger partial charge in [0, 0.05) is 12.1 Å². The van der Waals surface area contributed by atoms with E-state index in [1.54, 1.807) is 4.90 Å². The fourth-order valence-electron chi connectivity index (χ4n) is 2.85. The molecule has 2 N–H and O–H groups in total. The molecule has 2 atom stereocenters. The van der Waals surface area contributed by atoms with Crippen molar-refractivity contribution >= 4 is 52.4 Å². The smallest absolute Gasteiger partial charge is 0.359 e. The van der Waals surface area contributed by atoms with Gasteiger partial charge >= 0.3 is 5.97 Å². The van der Waals surface area contributed by atoms with Gasteiger partial charge in [-0.1, -0.05) is 34.8 Å². The minimum atomic E-state index is -0.879. The van der Waals surface area contributed by atoms with Gasteiger partial charge in [-0.2, -0.15) is 0 Å². The zero-order valence-corrected chi connectivity index (χ0v) is 15.6. The molecule has 2 heterocycles. The van der Waals surface area contributed by atoms with Crippen molar-refractivity contribution in [3.8, 4) is 0 Å². The van der Waals surface area contributed by atoms with Gasteiger partial charge in [0.05, 0.1) is 10.7 Å². The number of esters is 1. The van der Waals surface area contributed by atoms with E-state index in [2.05, 4.69) is 4.98 Å². The molecule has 0 radical (unpaired) electrons. The van der Waals surface area contributed by atoms with Crippen LogP contribution in [0.4, 0.5) is 5.69 Å². The first-order valence-corrected chi connectivity index (χ1v) is 8.65. The monoisotopic (exact) mass is 393 g/mol. The molecule has 0 saturated carbocycles. The summed E-state index contributed by atoms with van der Waals surface area (Å²) in [6.07, 6.45) is 2.94. The highest BCUT2D eigenvalue weighted by Crippen LogP contribution is 2.34. The van der Waals surface area contributed by atoms with Crippen LogP contribution in [0.2, 0.25) is 15.2 Å². The third-order valence-electron chi connectivity index (χ3n) is 4.07. The van der Waals surface area contributed by atoms with Crippen molar-refractivity contribution in [2.75, 3.05) is 12.3 Å². The van der Waals surface area contributed by atoms with Gasteiger partial charge in [-0.3, -0.25) is 4.79 Å². The molecule has 24 heavy (non-hydrogen) atoms. The van der Waals surface area contributed by atoms with Crippen LogP contribution < -0.4 is 5.73 Å². The second-order valence-corrected chi connectivity index (χ2v) is 6.91. The number of hydrogen-bond donors (Lipinski definition) is 1. The number of pyridine rings is 1. The molecular weight excluding hydrogens is 377 g/mol. The number of ether oxygens (including phenoxy) is 1. The first kappa shape index (κ1) is 19.1. The molecule has 6 nitrogen and oxygen atoms in total. The van der Waals surface area contributed by atoms with Crippen molar-refractivity contribution in [2.24, 2.45) is 0 Å². The summed E-state index contributed by atoms with van der Waals surface area (Å²) >= 11 is 17.5. The predicted molar refractivity (Wildman–Crippen MR) is 93.6 cm³/mol. The number of nitrogens with two attached hydrogens (primary N) is 1. The lowest BCUT2D eigenvalue weighted by atomic mass is 9.97. The second kappa shape index (κ2) is 7.76. The summed E-state index contributed by atoms with van der Waals surface area (Å²) in [5, 5.41) is -0.345. The Morgan fingerprint density at radius 2 is 1.79 bits per heavy atom. The SMILES string of the molecule is C[C@H]1CCC[C@H](C)N1C(=O)COC(=O)c1nc(Cl)c(Cl)c(N)c1Cl. The van der Waals surface area contributed by atoms with Crippen molar-refractivity contribution in [3.63, 3.8) is 0 Å². The van der Waals surface area contributed by atoms with Crippen molar-refractivity contribution in [3.05, 3.63) is 20.9 Å². The molecule has 1 aromatic rings. The highest BCUT2D eigenvalue weighted by molar-refractivity contribution is 6.46. The molecule has 0 aromatic carbocycles. The summed E-state index contributed by atoms with van der Waals surface area (Å²) < 4.78 is 5.04. The molecule has 0 aliphatic carbocycles. The van der Waals surface area contributed by atoms with Gasteiger partial charge in [-0.25, -0.2) is 9.78 Å². The van der Waals surface area contributed by atoms with E-state index >= 15 is 0 Å². The number of carbonyl (C=O) groups excluding carboxylic acids is 2. The zero-order valence-electron chi connectivity index (χ0n) is 13.3. The maximum atomic E-state index is 12.4. The number of nitrogens with zero attached hydrogens (tertiary/aromatic N) is 2. The molecule has 1 saturated heterocycles. The summed E-state index contributed by atoms with van der Waals surface area (Å²) in [5.74, 6) is -1.14. The molecule has 132 valence electrons. The van der Waals surface area contributed by atoms with Crippen LogP contribution in [-0.4, -0.2) is 40.5 Å². The highest BCUT2D eigenvalue weighted by Gasteiger charge is 2.30. The van der Waals surface area contributed by atoms with E-state index < -0.39 is 12.6 Å². The average Bonchev–Trinajstić information content (AvgIpc) is 2.53. The maximum absolute atomic E-state index is 12.4. The topological polar surface area (TPSA) is 85.5 Å². The molecule has 1 aliphatic rings. The Morgan fingerprint density at radius 3 is 2.38 bits per heavy atom. The average molecular weight is 395 g/mol. The van der Waals surface area contributed by atoms with Crippen molar-refractivity contribution in [1.29, 1.82) is 0 Å². The van der Waals surface area contributed by atoms with Gasteiger partial charge in [0.1, 0.15) is 5.02 Å². The molecule has 1 fully saturated rings. The molecule has 1 amide bonds. The van der Waals surface area contributed by atoms with Gasteiger partial charge in [0.25, 0.3) is 5.91 Å². The Hall–Kier alpha value is -1.24. The lowest BCUT2D eigenvalue weighted by Gasteiger charge is -2.38. The third kappa shape index (κ3) is 3.87. The van der Waals surface area contributed by atoms with Crippen LogP contribution in [0, 0.1) is 0 Å². The highest BCUT2D eigenvalue weighted by atomic mass is 35.5. The quantitative estimate of drug-likeness (QED) is 0.625. The summed E-state index contributed by atoms with van der Waals surface area (Å²) in [6.45, 7) is 3.56. The number of halogens is 3. The Labute approximate surface area is 155 Å². The van der Waals surface area contributed by atoms with E-state index in [0.29, 0.717) is 0 Å². The number of rotatable bonds is 3. The molecule has 1 aromatic heterocycles. The fraction of sp³-hybridized carbons (Fsp3) is 0.533. The molecule has 0 bridgehead atoms. The molecule has 1 aliphatic heterocycles. The number of nitrogen functional groups attached to an aromatic ring is 1. The number of anilines is 1. The lowest BCUT2D eigenvalue weighted by Crippen LogP contribution is -2.49. The van der Waals surface area contributed by atoms with E-state index in [4.69, 9.17) is 45.3 Å². The number of hydrogen-bond acceptors (Lipinski definition) is 5. The predicted octanol–water partition coefficient (Wildman–Crippen LogP) is 3.57. The van der Waals surface area contributed by atoms with Crippen LogP contribution in [0.15, 0.2) is 0 Å².